The lowest BCUT2D eigenvalue weighted by Crippen LogP contribution is -1.96. The second kappa shape index (κ2) is 5.95. The second-order valence-corrected chi connectivity index (χ2v) is 4.28. The average molecular weight is 248 g/mol. The number of hydrogen-bond acceptors (Lipinski definition) is 4. The van der Waals surface area contributed by atoms with Crippen LogP contribution in [0, 0.1) is 10.1 Å². The van der Waals surface area contributed by atoms with Crippen LogP contribution in [0.15, 0.2) is 18.2 Å². The normalized spacial score (nSPS) is 10.3. The number of benzene rings is 1. The molecule has 0 heterocycles. The molecule has 0 aliphatic rings. The Morgan fingerprint density at radius 1 is 1.53 bits per heavy atom. The molecule has 0 aliphatic carbocycles. The van der Waals surface area contributed by atoms with Gasteiger partial charge in [0.1, 0.15) is 0 Å². The maximum absolute atomic E-state index is 10.7. The van der Waals surface area contributed by atoms with E-state index in [0.29, 0.717) is 22.1 Å². The van der Waals surface area contributed by atoms with Gasteiger partial charge in [0.25, 0.3) is 5.69 Å². The number of aliphatic hydroxyl groups is 1. The summed E-state index contributed by atoms with van der Waals surface area (Å²) >= 11 is 7.29. The molecule has 0 unspecified atom stereocenters. The molecule has 0 amide bonds. The Hall–Kier alpha value is -0.780. The number of aliphatic hydroxyl groups excluding tert-OH is 1. The van der Waals surface area contributed by atoms with Crippen molar-refractivity contribution in [1.29, 1.82) is 0 Å². The summed E-state index contributed by atoms with van der Waals surface area (Å²) < 4.78 is 0. The number of thioether (sulfide) groups is 1. The van der Waals surface area contributed by atoms with E-state index in [9.17, 15) is 10.1 Å². The van der Waals surface area contributed by atoms with E-state index in [4.69, 9.17) is 16.7 Å². The van der Waals surface area contributed by atoms with Gasteiger partial charge >= 0.3 is 0 Å². The first kappa shape index (κ1) is 12.3. The van der Waals surface area contributed by atoms with Gasteiger partial charge in [0.05, 0.1) is 22.1 Å². The largest absolute Gasteiger partial charge is 0.396 e. The lowest BCUT2D eigenvalue weighted by atomic mass is 10.2. The minimum atomic E-state index is -0.444. The summed E-state index contributed by atoms with van der Waals surface area (Å²) in [7, 11) is 0. The molecule has 1 aromatic carbocycles. The maximum Gasteiger partial charge on any atom is 0.274 e. The van der Waals surface area contributed by atoms with E-state index in [0.717, 1.165) is 0 Å². The number of nitro benzene ring substituents is 1. The van der Waals surface area contributed by atoms with Gasteiger partial charge < -0.3 is 5.11 Å². The van der Waals surface area contributed by atoms with Crippen LogP contribution in [-0.2, 0) is 5.75 Å². The molecular formula is C9H10ClNO3S. The Balaban J connectivity index is 2.87. The molecule has 1 aromatic rings. The molecule has 0 bridgehead atoms. The predicted octanol–water partition coefficient (Wildman–Crippen LogP) is 2.47. The summed E-state index contributed by atoms with van der Waals surface area (Å²) in [6.45, 7) is 0.0584. The first-order valence-corrected chi connectivity index (χ1v) is 5.80. The van der Waals surface area contributed by atoms with Crippen molar-refractivity contribution in [3.63, 3.8) is 0 Å². The number of halogens is 1. The Labute approximate surface area is 96.4 Å². The molecule has 0 fully saturated rings. The maximum atomic E-state index is 10.7. The molecule has 0 atom stereocenters. The van der Waals surface area contributed by atoms with E-state index in [1.807, 2.05) is 0 Å². The highest BCUT2D eigenvalue weighted by Crippen LogP contribution is 2.29. The molecule has 0 spiro atoms. The fourth-order valence-electron chi connectivity index (χ4n) is 1.10. The van der Waals surface area contributed by atoms with Crippen LogP contribution < -0.4 is 0 Å². The fourth-order valence-corrected chi connectivity index (χ4v) is 2.20. The van der Waals surface area contributed by atoms with Crippen molar-refractivity contribution < 1.29 is 10.0 Å². The fraction of sp³-hybridized carbons (Fsp3) is 0.333. The van der Waals surface area contributed by atoms with Crippen molar-refractivity contribution in [2.24, 2.45) is 0 Å². The number of nitrogens with zero attached hydrogens (tertiary/aromatic N) is 1. The van der Waals surface area contributed by atoms with Crippen LogP contribution in [-0.4, -0.2) is 22.4 Å². The standard InChI is InChI=1S/C9H10ClNO3S/c10-8-2-1-3-9(11(13)14)7(8)6-15-5-4-12/h1-3,12H,4-6H2. The zero-order chi connectivity index (χ0) is 11.3. The third-order valence-corrected chi connectivity index (χ3v) is 3.09. The van der Waals surface area contributed by atoms with Crippen LogP contribution >= 0.6 is 23.4 Å². The van der Waals surface area contributed by atoms with Gasteiger partial charge in [-0.05, 0) is 6.07 Å². The average Bonchev–Trinajstić information content (AvgIpc) is 2.20. The third-order valence-electron chi connectivity index (χ3n) is 1.77. The van der Waals surface area contributed by atoms with Crippen molar-refractivity contribution in [2.45, 2.75) is 5.75 Å². The quantitative estimate of drug-likeness (QED) is 0.493. The van der Waals surface area contributed by atoms with Gasteiger partial charge in [-0.1, -0.05) is 17.7 Å². The van der Waals surface area contributed by atoms with E-state index in [-0.39, 0.29) is 12.3 Å². The highest BCUT2D eigenvalue weighted by Gasteiger charge is 2.15. The Kier molecular flexibility index (Phi) is 4.87. The first-order chi connectivity index (χ1) is 7.16. The van der Waals surface area contributed by atoms with E-state index in [1.54, 1.807) is 12.1 Å². The summed E-state index contributed by atoms with van der Waals surface area (Å²) in [5, 5.41) is 19.7. The second-order valence-electron chi connectivity index (χ2n) is 2.77. The zero-order valence-electron chi connectivity index (χ0n) is 7.85. The summed E-state index contributed by atoms with van der Waals surface area (Å²) in [6.07, 6.45) is 0. The first-order valence-electron chi connectivity index (χ1n) is 4.27. The highest BCUT2D eigenvalue weighted by molar-refractivity contribution is 7.98. The molecule has 0 saturated heterocycles. The smallest absolute Gasteiger partial charge is 0.274 e. The Morgan fingerprint density at radius 3 is 2.87 bits per heavy atom. The third kappa shape index (κ3) is 3.37. The zero-order valence-corrected chi connectivity index (χ0v) is 9.42. The Bertz CT molecular complexity index is 359. The minimum absolute atomic E-state index is 0.0351. The molecule has 82 valence electrons. The molecule has 1 rings (SSSR count). The summed E-state index contributed by atoms with van der Waals surface area (Å²) in [6, 6.07) is 4.62. The van der Waals surface area contributed by atoms with Crippen LogP contribution in [0.25, 0.3) is 0 Å². The molecule has 6 heteroatoms. The molecular weight excluding hydrogens is 238 g/mol. The SMILES string of the molecule is O=[N+]([O-])c1cccc(Cl)c1CSCCO. The lowest BCUT2D eigenvalue weighted by Gasteiger charge is -2.04. The van der Waals surface area contributed by atoms with Crippen LogP contribution in [0.1, 0.15) is 5.56 Å². The van der Waals surface area contributed by atoms with Gasteiger partial charge in [-0.25, -0.2) is 0 Å². The molecule has 0 aliphatic heterocycles. The van der Waals surface area contributed by atoms with Crippen molar-refractivity contribution in [3.8, 4) is 0 Å². The van der Waals surface area contributed by atoms with Crippen molar-refractivity contribution in [3.05, 3.63) is 38.9 Å². The van der Waals surface area contributed by atoms with Crippen molar-refractivity contribution >= 4 is 29.1 Å². The van der Waals surface area contributed by atoms with Crippen LogP contribution in [0.3, 0.4) is 0 Å². The molecule has 0 radical (unpaired) electrons. The monoisotopic (exact) mass is 247 g/mol. The van der Waals surface area contributed by atoms with Gasteiger partial charge in [-0.15, -0.1) is 0 Å². The van der Waals surface area contributed by atoms with Crippen molar-refractivity contribution in [1.82, 2.24) is 0 Å². The molecule has 1 N–H and O–H groups in total. The summed E-state index contributed by atoms with van der Waals surface area (Å²) in [5.41, 5.74) is 0.551. The van der Waals surface area contributed by atoms with E-state index in [1.165, 1.54) is 17.8 Å². The molecule has 15 heavy (non-hydrogen) atoms. The number of hydrogen-bond donors (Lipinski definition) is 1. The van der Waals surface area contributed by atoms with E-state index < -0.39 is 4.92 Å². The highest BCUT2D eigenvalue weighted by atomic mass is 35.5. The molecule has 0 aromatic heterocycles. The Morgan fingerprint density at radius 2 is 2.27 bits per heavy atom. The number of nitro groups is 1. The van der Waals surface area contributed by atoms with Gasteiger partial charge in [0.2, 0.25) is 0 Å². The topological polar surface area (TPSA) is 63.4 Å². The van der Waals surface area contributed by atoms with Gasteiger partial charge in [-0.3, -0.25) is 10.1 Å². The van der Waals surface area contributed by atoms with Crippen LogP contribution in [0.4, 0.5) is 5.69 Å². The van der Waals surface area contributed by atoms with E-state index >= 15 is 0 Å². The van der Waals surface area contributed by atoms with Crippen molar-refractivity contribution in [2.75, 3.05) is 12.4 Å². The molecule has 4 nitrogen and oxygen atoms in total. The van der Waals surface area contributed by atoms with Gasteiger partial charge in [0, 0.05) is 17.6 Å². The number of rotatable bonds is 5. The van der Waals surface area contributed by atoms with E-state index in [2.05, 4.69) is 0 Å². The minimum Gasteiger partial charge on any atom is -0.396 e. The van der Waals surface area contributed by atoms with Crippen LogP contribution in [0.5, 0.6) is 0 Å². The predicted molar refractivity (Wildman–Crippen MR) is 61.4 cm³/mol. The van der Waals surface area contributed by atoms with Gasteiger partial charge in [0.15, 0.2) is 0 Å². The lowest BCUT2D eigenvalue weighted by molar-refractivity contribution is -0.385. The van der Waals surface area contributed by atoms with Gasteiger partial charge in [-0.2, -0.15) is 11.8 Å². The van der Waals surface area contributed by atoms with Crippen LogP contribution in [0.2, 0.25) is 5.02 Å². The summed E-state index contributed by atoms with van der Waals surface area (Å²) in [4.78, 5) is 10.3. The molecule has 0 saturated carbocycles. The summed E-state index contributed by atoms with van der Waals surface area (Å²) in [5.74, 6) is 0.985.